The Kier molecular flexibility index (Phi) is 4.70. The van der Waals surface area contributed by atoms with Crippen molar-refractivity contribution in [2.24, 2.45) is 0 Å². The van der Waals surface area contributed by atoms with E-state index in [0.717, 1.165) is 0 Å². The molecule has 0 unspecified atom stereocenters. The predicted molar refractivity (Wildman–Crippen MR) is 77.1 cm³/mol. The zero-order valence-corrected chi connectivity index (χ0v) is 12.9. The molecule has 0 spiro atoms. The summed E-state index contributed by atoms with van der Waals surface area (Å²) in [6.07, 6.45) is 1.33. The molecule has 0 saturated heterocycles. The molecule has 0 aliphatic carbocycles. The molecular weight excluding hydrogens is 323 g/mol. The summed E-state index contributed by atoms with van der Waals surface area (Å²) in [5, 5.41) is 4.53. The van der Waals surface area contributed by atoms with Crippen LogP contribution in [0, 0.1) is 0 Å². The van der Waals surface area contributed by atoms with Gasteiger partial charge in [0, 0.05) is 29.7 Å². The van der Waals surface area contributed by atoms with Crippen LogP contribution < -0.4 is 0 Å². The Morgan fingerprint density at radius 2 is 2.05 bits per heavy atom. The maximum atomic E-state index is 12.2. The summed E-state index contributed by atoms with van der Waals surface area (Å²) in [6, 6.07) is 6.46. The smallest absolute Gasteiger partial charge is 0.220 e. The first-order valence-corrected chi connectivity index (χ1v) is 8.02. The van der Waals surface area contributed by atoms with Gasteiger partial charge >= 0.3 is 0 Å². The van der Waals surface area contributed by atoms with Crippen LogP contribution in [0.2, 0.25) is 10.0 Å². The highest BCUT2D eigenvalue weighted by Gasteiger charge is 2.21. The fourth-order valence-corrected chi connectivity index (χ4v) is 3.14. The van der Waals surface area contributed by atoms with E-state index in [9.17, 15) is 8.42 Å². The Morgan fingerprint density at radius 1 is 1.30 bits per heavy atom. The van der Waals surface area contributed by atoms with E-state index < -0.39 is 10.0 Å². The van der Waals surface area contributed by atoms with Crippen LogP contribution in [-0.2, 0) is 22.3 Å². The SMILES string of the molecule is CN(Cc1ccc(Cl)cc1Cl)S(=O)(=O)Cc1ccon1. The lowest BCUT2D eigenvalue weighted by Crippen LogP contribution is -2.28. The van der Waals surface area contributed by atoms with E-state index in [4.69, 9.17) is 23.2 Å². The van der Waals surface area contributed by atoms with Crippen molar-refractivity contribution in [2.45, 2.75) is 12.3 Å². The topological polar surface area (TPSA) is 63.4 Å². The van der Waals surface area contributed by atoms with Gasteiger partial charge in [0.1, 0.15) is 12.0 Å². The van der Waals surface area contributed by atoms with E-state index in [1.54, 1.807) is 18.2 Å². The highest BCUT2D eigenvalue weighted by Crippen LogP contribution is 2.23. The quantitative estimate of drug-likeness (QED) is 0.843. The summed E-state index contributed by atoms with van der Waals surface area (Å²) >= 11 is 11.8. The average molecular weight is 335 g/mol. The van der Waals surface area contributed by atoms with Crippen LogP contribution in [-0.4, -0.2) is 24.9 Å². The monoisotopic (exact) mass is 334 g/mol. The van der Waals surface area contributed by atoms with Crippen LogP contribution in [0.25, 0.3) is 0 Å². The number of aromatic nitrogens is 1. The first-order valence-electron chi connectivity index (χ1n) is 5.66. The Labute approximate surface area is 127 Å². The molecule has 1 heterocycles. The van der Waals surface area contributed by atoms with Gasteiger partial charge in [0.15, 0.2) is 0 Å². The van der Waals surface area contributed by atoms with E-state index in [-0.39, 0.29) is 12.3 Å². The number of hydrogen-bond acceptors (Lipinski definition) is 4. The summed E-state index contributed by atoms with van der Waals surface area (Å²) in [4.78, 5) is 0. The first-order chi connectivity index (χ1) is 9.38. The molecule has 5 nitrogen and oxygen atoms in total. The maximum absolute atomic E-state index is 12.2. The van der Waals surface area contributed by atoms with Crippen molar-refractivity contribution >= 4 is 33.2 Å². The molecule has 0 N–H and O–H groups in total. The van der Waals surface area contributed by atoms with Crippen LogP contribution >= 0.6 is 23.2 Å². The van der Waals surface area contributed by atoms with Gasteiger partial charge in [0.05, 0.1) is 5.69 Å². The lowest BCUT2D eigenvalue weighted by molar-refractivity contribution is 0.411. The Balaban J connectivity index is 2.12. The molecule has 8 heteroatoms. The minimum atomic E-state index is -3.49. The number of benzene rings is 1. The fraction of sp³-hybridized carbons (Fsp3) is 0.250. The Morgan fingerprint density at radius 3 is 2.65 bits per heavy atom. The molecule has 20 heavy (non-hydrogen) atoms. The zero-order chi connectivity index (χ0) is 14.8. The molecule has 2 rings (SSSR count). The molecule has 0 aliphatic rings. The van der Waals surface area contributed by atoms with Gasteiger partial charge in [-0.15, -0.1) is 0 Å². The van der Waals surface area contributed by atoms with Gasteiger partial charge in [-0.3, -0.25) is 0 Å². The van der Waals surface area contributed by atoms with E-state index in [1.165, 1.54) is 23.7 Å². The third kappa shape index (κ3) is 3.73. The van der Waals surface area contributed by atoms with Crippen LogP contribution in [0.5, 0.6) is 0 Å². The van der Waals surface area contributed by atoms with E-state index in [0.29, 0.717) is 21.3 Å². The second kappa shape index (κ2) is 6.13. The van der Waals surface area contributed by atoms with Gasteiger partial charge < -0.3 is 4.52 Å². The Bertz CT molecular complexity index is 687. The van der Waals surface area contributed by atoms with Crippen molar-refractivity contribution < 1.29 is 12.9 Å². The van der Waals surface area contributed by atoms with Gasteiger partial charge in [-0.25, -0.2) is 12.7 Å². The molecule has 0 atom stereocenters. The van der Waals surface area contributed by atoms with E-state index in [2.05, 4.69) is 9.68 Å². The molecule has 0 bridgehead atoms. The van der Waals surface area contributed by atoms with Crippen LogP contribution in [0.4, 0.5) is 0 Å². The summed E-state index contributed by atoms with van der Waals surface area (Å²) < 4.78 is 30.2. The van der Waals surface area contributed by atoms with Crippen LogP contribution in [0.1, 0.15) is 11.3 Å². The van der Waals surface area contributed by atoms with Crippen LogP contribution in [0.3, 0.4) is 0 Å². The summed E-state index contributed by atoms with van der Waals surface area (Å²) in [7, 11) is -2.00. The third-order valence-electron chi connectivity index (χ3n) is 2.70. The fourth-order valence-electron chi connectivity index (χ4n) is 1.60. The summed E-state index contributed by atoms with van der Waals surface area (Å²) in [5.41, 5.74) is 1.04. The van der Waals surface area contributed by atoms with Crippen molar-refractivity contribution in [3.63, 3.8) is 0 Å². The molecular formula is C12H12Cl2N2O3S. The van der Waals surface area contributed by atoms with Crippen molar-refractivity contribution in [3.05, 3.63) is 51.8 Å². The molecule has 108 valence electrons. The molecule has 0 radical (unpaired) electrons. The van der Waals surface area contributed by atoms with E-state index in [1.807, 2.05) is 0 Å². The second-order valence-electron chi connectivity index (χ2n) is 4.24. The van der Waals surface area contributed by atoms with Crippen molar-refractivity contribution in [1.29, 1.82) is 0 Å². The third-order valence-corrected chi connectivity index (χ3v) is 5.03. The normalized spacial score (nSPS) is 12.0. The van der Waals surface area contributed by atoms with Gasteiger partial charge in [0.2, 0.25) is 10.0 Å². The average Bonchev–Trinajstić information content (AvgIpc) is 2.84. The maximum Gasteiger partial charge on any atom is 0.220 e. The highest BCUT2D eigenvalue weighted by molar-refractivity contribution is 7.88. The number of sulfonamides is 1. The number of rotatable bonds is 5. The Hall–Kier alpha value is -1.08. The zero-order valence-electron chi connectivity index (χ0n) is 10.6. The van der Waals surface area contributed by atoms with Crippen molar-refractivity contribution in [3.8, 4) is 0 Å². The summed E-state index contributed by atoms with van der Waals surface area (Å²) in [5.74, 6) is -0.217. The summed E-state index contributed by atoms with van der Waals surface area (Å²) in [6.45, 7) is 0.163. The van der Waals surface area contributed by atoms with E-state index >= 15 is 0 Å². The van der Waals surface area contributed by atoms with Crippen LogP contribution in [0.15, 0.2) is 35.1 Å². The molecule has 0 saturated carbocycles. The molecule has 0 aliphatic heterocycles. The molecule has 2 aromatic rings. The van der Waals surface area contributed by atoms with Crippen molar-refractivity contribution in [2.75, 3.05) is 7.05 Å². The van der Waals surface area contributed by atoms with Gasteiger partial charge in [0.25, 0.3) is 0 Å². The van der Waals surface area contributed by atoms with Gasteiger partial charge in [-0.05, 0) is 17.7 Å². The van der Waals surface area contributed by atoms with Gasteiger partial charge in [-0.1, -0.05) is 34.4 Å². The standard InChI is InChI=1S/C12H12Cl2N2O3S/c1-16(7-9-2-3-10(13)6-12(9)14)20(17,18)8-11-4-5-19-15-11/h2-6H,7-8H2,1H3. The number of halogens is 2. The second-order valence-corrected chi connectivity index (χ2v) is 7.16. The lowest BCUT2D eigenvalue weighted by Gasteiger charge is -2.17. The molecule has 1 aromatic carbocycles. The minimum absolute atomic E-state index is 0.163. The molecule has 1 aromatic heterocycles. The predicted octanol–water partition coefficient (Wildman–Crippen LogP) is 2.94. The molecule has 0 amide bonds. The van der Waals surface area contributed by atoms with Crippen molar-refractivity contribution in [1.82, 2.24) is 9.46 Å². The number of nitrogens with zero attached hydrogens (tertiary/aromatic N) is 2. The first kappa shape index (κ1) is 15.3. The molecule has 0 fully saturated rings. The lowest BCUT2D eigenvalue weighted by atomic mass is 10.2. The minimum Gasteiger partial charge on any atom is -0.364 e. The van der Waals surface area contributed by atoms with Gasteiger partial charge in [-0.2, -0.15) is 0 Å². The highest BCUT2D eigenvalue weighted by atomic mass is 35.5. The largest absolute Gasteiger partial charge is 0.364 e. The number of hydrogen-bond donors (Lipinski definition) is 0.